The summed E-state index contributed by atoms with van der Waals surface area (Å²) < 4.78 is 5.74. The van der Waals surface area contributed by atoms with E-state index in [1.165, 1.54) is 10.5 Å². The quantitative estimate of drug-likeness (QED) is 0.804. The van der Waals surface area contributed by atoms with Crippen LogP contribution in [-0.2, 0) is 20.8 Å². The van der Waals surface area contributed by atoms with Crippen molar-refractivity contribution in [2.45, 2.75) is 38.5 Å². The number of benzene rings is 1. The minimum Gasteiger partial charge on any atom is -0.493 e. The molecule has 1 saturated carbocycles. The number of ether oxygens (including phenoxy) is 1. The number of para-hydroxylation sites is 1. The van der Waals surface area contributed by atoms with Crippen molar-refractivity contribution in [1.82, 2.24) is 10.2 Å². The lowest BCUT2D eigenvalue weighted by molar-refractivity contribution is -0.140. The summed E-state index contributed by atoms with van der Waals surface area (Å²) in [6.45, 7) is 1.32. The van der Waals surface area contributed by atoms with Crippen LogP contribution < -0.4 is 10.1 Å². The highest BCUT2D eigenvalue weighted by Gasteiger charge is 2.47. The molecular formula is C21H26N2O4. The fourth-order valence-electron chi connectivity index (χ4n) is 4.53. The molecule has 27 heavy (non-hydrogen) atoms. The Hall–Kier alpha value is -2.37. The number of amides is 3. The monoisotopic (exact) mass is 370 g/mol. The number of rotatable bonds is 5. The average Bonchev–Trinajstić information content (AvgIpc) is 2.95. The van der Waals surface area contributed by atoms with Gasteiger partial charge >= 0.3 is 0 Å². The van der Waals surface area contributed by atoms with Crippen molar-refractivity contribution >= 4 is 17.7 Å². The van der Waals surface area contributed by atoms with E-state index < -0.39 is 0 Å². The van der Waals surface area contributed by atoms with Gasteiger partial charge in [0, 0.05) is 25.4 Å². The van der Waals surface area contributed by atoms with Crippen LogP contribution in [0.3, 0.4) is 0 Å². The topological polar surface area (TPSA) is 75.7 Å². The number of nitrogens with one attached hydrogen (secondary N) is 1. The fraction of sp³-hybridized carbons (Fsp3) is 0.571. The number of fused-ring (bicyclic) bond motifs is 2. The molecule has 0 bridgehead atoms. The highest BCUT2D eigenvalue weighted by Crippen LogP contribution is 2.38. The van der Waals surface area contributed by atoms with Gasteiger partial charge in [0.05, 0.1) is 18.4 Å². The molecule has 0 spiro atoms. The Balaban J connectivity index is 1.23. The third kappa shape index (κ3) is 3.70. The van der Waals surface area contributed by atoms with E-state index in [0.717, 1.165) is 37.9 Å². The number of hydrogen-bond acceptors (Lipinski definition) is 4. The zero-order valence-electron chi connectivity index (χ0n) is 15.5. The van der Waals surface area contributed by atoms with Crippen LogP contribution in [0.15, 0.2) is 24.3 Å². The highest BCUT2D eigenvalue weighted by atomic mass is 16.5. The first-order valence-corrected chi connectivity index (χ1v) is 9.96. The van der Waals surface area contributed by atoms with Crippen molar-refractivity contribution < 1.29 is 19.1 Å². The van der Waals surface area contributed by atoms with Gasteiger partial charge in [-0.05, 0) is 30.9 Å². The molecule has 0 radical (unpaired) electrons. The van der Waals surface area contributed by atoms with Gasteiger partial charge in [0.2, 0.25) is 17.7 Å². The van der Waals surface area contributed by atoms with Crippen LogP contribution in [0.4, 0.5) is 0 Å². The van der Waals surface area contributed by atoms with Crippen molar-refractivity contribution in [2.75, 3.05) is 19.7 Å². The van der Waals surface area contributed by atoms with Gasteiger partial charge in [0.1, 0.15) is 5.75 Å². The Labute approximate surface area is 159 Å². The first-order chi connectivity index (χ1) is 13.1. The average molecular weight is 370 g/mol. The Bertz CT molecular complexity index is 723. The maximum absolute atomic E-state index is 12.4. The molecule has 3 aliphatic rings. The van der Waals surface area contributed by atoms with Gasteiger partial charge < -0.3 is 10.1 Å². The molecule has 6 nitrogen and oxygen atoms in total. The van der Waals surface area contributed by atoms with Gasteiger partial charge in [-0.15, -0.1) is 0 Å². The van der Waals surface area contributed by atoms with Crippen LogP contribution in [0.25, 0.3) is 0 Å². The van der Waals surface area contributed by atoms with E-state index in [0.29, 0.717) is 13.2 Å². The summed E-state index contributed by atoms with van der Waals surface area (Å²) in [4.78, 5) is 38.4. The van der Waals surface area contributed by atoms with E-state index in [1.54, 1.807) is 0 Å². The maximum atomic E-state index is 12.4. The van der Waals surface area contributed by atoms with E-state index in [-0.39, 0.29) is 48.4 Å². The largest absolute Gasteiger partial charge is 0.493 e. The van der Waals surface area contributed by atoms with Crippen LogP contribution in [-0.4, -0.2) is 42.3 Å². The molecule has 1 aromatic rings. The zero-order valence-corrected chi connectivity index (χ0v) is 15.5. The summed E-state index contributed by atoms with van der Waals surface area (Å²) in [7, 11) is 0. The Morgan fingerprint density at radius 2 is 1.81 bits per heavy atom. The molecule has 1 N–H and O–H groups in total. The SMILES string of the molecule is O=C(CCN1C(=O)C2CCCCC2C1=O)NCC1COc2ccccc2C1. The first-order valence-electron chi connectivity index (χ1n) is 9.96. The van der Waals surface area contributed by atoms with Crippen molar-refractivity contribution in [1.29, 1.82) is 0 Å². The third-order valence-electron chi connectivity index (χ3n) is 6.04. The normalized spacial score (nSPS) is 27.0. The molecule has 144 valence electrons. The number of imide groups is 1. The summed E-state index contributed by atoms with van der Waals surface area (Å²) in [5.74, 6) is 0.603. The molecule has 1 aromatic carbocycles. The smallest absolute Gasteiger partial charge is 0.233 e. The van der Waals surface area contributed by atoms with Crippen LogP contribution in [0.5, 0.6) is 5.75 Å². The third-order valence-corrected chi connectivity index (χ3v) is 6.04. The molecule has 3 unspecified atom stereocenters. The Morgan fingerprint density at radius 3 is 2.56 bits per heavy atom. The van der Waals surface area contributed by atoms with Crippen molar-refractivity contribution in [3.8, 4) is 5.75 Å². The van der Waals surface area contributed by atoms with Gasteiger partial charge in [-0.1, -0.05) is 31.0 Å². The van der Waals surface area contributed by atoms with Crippen molar-refractivity contribution in [3.05, 3.63) is 29.8 Å². The predicted octanol–water partition coefficient (Wildman–Crippen LogP) is 1.92. The van der Waals surface area contributed by atoms with E-state index in [4.69, 9.17) is 4.74 Å². The number of likely N-dealkylation sites (tertiary alicyclic amines) is 1. The Kier molecular flexibility index (Phi) is 5.14. The van der Waals surface area contributed by atoms with E-state index in [9.17, 15) is 14.4 Å². The van der Waals surface area contributed by atoms with Crippen molar-refractivity contribution in [3.63, 3.8) is 0 Å². The predicted molar refractivity (Wildman–Crippen MR) is 98.9 cm³/mol. The zero-order chi connectivity index (χ0) is 18.8. The molecule has 3 atom stereocenters. The Morgan fingerprint density at radius 1 is 1.11 bits per heavy atom. The van der Waals surface area contributed by atoms with Crippen molar-refractivity contribution in [2.24, 2.45) is 17.8 Å². The van der Waals surface area contributed by atoms with Crippen LogP contribution >= 0.6 is 0 Å². The number of carbonyl (C=O) groups is 3. The summed E-state index contributed by atoms with van der Waals surface area (Å²) >= 11 is 0. The standard InChI is InChI=1S/C21H26N2O4/c24-19(22-12-14-11-15-5-1-4-8-18(15)27-13-14)9-10-23-20(25)16-6-2-3-7-17(16)21(23)26/h1,4-5,8,14,16-17H,2-3,6-7,9-13H2,(H,22,24). The fourth-order valence-corrected chi connectivity index (χ4v) is 4.53. The number of hydrogen-bond donors (Lipinski definition) is 1. The highest BCUT2D eigenvalue weighted by molar-refractivity contribution is 6.05. The van der Waals surface area contributed by atoms with Crippen LogP contribution in [0.2, 0.25) is 0 Å². The molecule has 1 aliphatic carbocycles. The first kappa shape index (κ1) is 18.0. The molecule has 6 heteroatoms. The molecule has 2 fully saturated rings. The van der Waals surface area contributed by atoms with Crippen LogP contribution in [0.1, 0.15) is 37.7 Å². The lowest BCUT2D eigenvalue weighted by Crippen LogP contribution is -2.38. The summed E-state index contributed by atoms with van der Waals surface area (Å²) in [5.41, 5.74) is 1.17. The second-order valence-electron chi connectivity index (χ2n) is 7.87. The van der Waals surface area contributed by atoms with Gasteiger partial charge in [0.15, 0.2) is 0 Å². The minimum atomic E-state index is -0.145. The molecule has 3 amide bonds. The minimum absolute atomic E-state index is 0.0743. The second kappa shape index (κ2) is 7.71. The molecule has 4 rings (SSSR count). The molecule has 0 aromatic heterocycles. The second-order valence-corrected chi connectivity index (χ2v) is 7.87. The lowest BCUT2D eigenvalue weighted by atomic mass is 9.81. The molecular weight excluding hydrogens is 344 g/mol. The number of carbonyl (C=O) groups excluding carboxylic acids is 3. The van der Waals surface area contributed by atoms with Gasteiger partial charge in [-0.25, -0.2) is 0 Å². The molecule has 2 aliphatic heterocycles. The summed E-state index contributed by atoms with van der Waals surface area (Å²) in [6, 6.07) is 7.96. The summed E-state index contributed by atoms with van der Waals surface area (Å²) in [5, 5.41) is 2.93. The van der Waals surface area contributed by atoms with Gasteiger partial charge in [-0.3, -0.25) is 19.3 Å². The maximum Gasteiger partial charge on any atom is 0.233 e. The lowest BCUT2D eigenvalue weighted by Gasteiger charge is -2.25. The molecule has 1 saturated heterocycles. The van der Waals surface area contributed by atoms with E-state index in [1.807, 2.05) is 24.3 Å². The van der Waals surface area contributed by atoms with E-state index in [2.05, 4.69) is 5.32 Å². The van der Waals surface area contributed by atoms with Gasteiger partial charge in [0.25, 0.3) is 0 Å². The molecule has 2 heterocycles. The van der Waals surface area contributed by atoms with Crippen LogP contribution in [0, 0.1) is 17.8 Å². The number of nitrogens with zero attached hydrogens (tertiary/aromatic N) is 1. The van der Waals surface area contributed by atoms with E-state index >= 15 is 0 Å². The van der Waals surface area contributed by atoms with Gasteiger partial charge in [-0.2, -0.15) is 0 Å². The summed E-state index contributed by atoms with van der Waals surface area (Å²) in [6.07, 6.45) is 4.69.